The van der Waals surface area contributed by atoms with Gasteiger partial charge in [-0.1, -0.05) is 13.8 Å². The van der Waals surface area contributed by atoms with Crippen molar-refractivity contribution >= 4 is 0 Å². The first-order chi connectivity index (χ1) is 8.85. The van der Waals surface area contributed by atoms with Crippen LogP contribution in [0.4, 0.5) is 0 Å². The third-order valence-electron chi connectivity index (χ3n) is 3.98. The van der Waals surface area contributed by atoms with Crippen LogP contribution >= 0.6 is 0 Å². The van der Waals surface area contributed by atoms with E-state index in [-0.39, 0.29) is 17.7 Å². The molecule has 0 heterocycles. The van der Waals surface area contributed by atoms with Crippen LogP contribution in [0, 0.1) is 5.92 Å². The molecule has 1 unspecified atom stereocenters. The highest BCUT2D eigenvalue weighted by Crippen LogP contribution is 2.40. The number of hydrogen-bond donors (Lipinski definition) is 2. The van der Waals surface area contributed by atoms with Gasteiger partial charge in [-0.05, 0) is 39.0 Å². The fraction of sp³-hybridized carbons (Fsp3) is 1.00. The molecule has 2 N–H and O–H groups in total. The van der Waals surface area contributed by atoms with Gasteiger partial charge in [0.1, 0.15) is 0 Å². The molecule has 1 aliphatic carbocycles. The number of aliphatic hydroxyl groups is 1. The van der Waals surface area contributed by atoms with Crippen molar-refractivity contribution in [2.45, 2.75) is 64.1 Å². The monoisotopic (exact) mass is 273 g/mol. The molecule has 0 aromatic heterocycles. The van der Waals surface area contributed by atoms with Gasteiger partial charge < -0.3 is 19.9 Å². The highest BCUT2D eigenvalue weighted by Gasteiger charge is 2.45. The molecular weight excluding hydrogens is 242 g/mol. The summed E-state index contributed by atoms with van der Waals surface area (Å²) in [5.74, 6) is 0.551. The second kappa shape index (κ2) is 7.02. The average molecular weight is 273 g/mol. The van der Waals surface area contributed by atoms with Crippen molar-refractivity contribution in [1.82, 2.24) is 5.32 Å². The summed E-state index contributed by atoms with van der Waals surface area (Å²) in [7, 11) is 1.72. The van der Waals surface area contributed by atoms with Gasteiger partial charge in [-0.3, -0.25) is 0 Å². The van der Waals surface area contributed by atoms with Gasteiger partial charge in [0.25, 0.3) is 0 Å². The third-order valence-corrected chi connectivity index (χ3v) is 3.98. The van der Waals surface area contributed by atoms with E-state index in [4.69, 9.17) is 9.47 Å². The normalized spacial score (nSPS) is 19.7. The van der Waals surface area contributed by atoms with E-state index in [1.54, 1.807) is 7.11 Å². The number of nitrogens with one attached hydrogen (secondary N) is 1. The summed E-state index contributed by atoms with van der Waals surface area (Å²) >= 11 is 0. The lowest BCUT2D eigenvalue weighted by Crippen LogP contribution is -2.56. The number of hydrogen-bond acceptors (Lipinski definition) is 4. The molecule has 1 atom stereocenters. The molecule has 4 nitrogen and oxygen atoms in total. The van der Waals surface area contributed by atoms with Crippen molar-refractivity contribution in [3.63, 3.8) is 0 Å². The molecule has 0 spiro atoms. The first-order valence-electron chi connectivity index (χ1n) is 7.37. The van der Waals surface area contributed by atoms with E-state index in [1.165, 1.54) is 12.8 Å². The molecule has 1 fully saturated rings. The van der Waals surface area contributed by atoms with Gasteiger partial charge in [0, 0.05) is 19.8 Å². The van der Waals surface area contributed by atoms with E-state index in [2.05, 4.69) is 33.0 Å². The number of rotatable bonds is 10. The Kier molecular flexibility index (Phi) is 6.24. The third kappa shape index (κ3) is 5.38. The molecule has 0 aromatic rings. The van der Waals surface area contributed by atoms with E-state index < -0.39 is 0 Å². The van der Waals surface area contributed by atoms with Crippen LogP contribution in [0.15, 0.2) is 0 Å². The molecule has 0 bridgehead atoms. The molecule has 1 aliphatic rings. The second-order valence-electron chi connectivity index (χ2n) is 6.65. The van der Waals surface area contributed by atoms with E-state index in [1.807, 2.05) is 0 Å². The minimum Gasteiger partial charge on any atom is -0.394 e. The van der Waals surface area contributed by atoms with Crippen molar-refractivity contribution in [3.05, 3.63) is 0 Å². The van der Waals surface area contributed by atoms with Crippen LogP contribution in [0.2, 0.25) is 0 Å². The van der Waals surface area contributed by atoms with Crippen molar-refractivity contribution < 1.29 is 14.6 Å². The molecule has 0 aliphatic heterocycles. The standard InChI is InChI=1S/C15H31NO3/c1-12(2)16-15(10-17,13-6-7-13)11-19-9-8-14(3,4)18-5/h12-13,16-17H,6-11H2,1-5H3. The van der Waals surface area contributed by atoms with Gasteiger partial charge >= 0.3 is 0 Å². The molecule has 0 radical (unpaired) electrons. The molecule has 0 amide bonds. The predicted octanol–water partition coefficient (Wildman–Crippen LogP) is 1.96. The Morgan fingerprint density at radius 2 is 1.95 bits per heavy atom. The van der Waals surface area contributed by atoms with Crippen molar-refractivity contribution in [2.75, 3.05) is 26.9 Å². The van der Waals surface area contributed by atoms with Gasteiger partial charge in [-0.25, -0.2) is 0 Å². The maximum absolute atomic E-state index is 9.77. The molecule has 1 rings (SSSR count). The summed E-state index contributed by atoms with van der Waals surface area (Å²) in [5.41, 5.74) is -0.404. The van der Waals surface area contributed by atoms with Gasteiger partial charge in [-0.2, -0.15) is 0 Å². The van der Waals surface area contributed by atoms with Crippen LogP contribution < -0.4 is 5.32 Å². The van der Waals surface area contributed by atoms with E-state index in [0.717, 1.165) is 6.42 Å². The minimum absolute atomic E-state index is 0.142. The van der Waals surface area contributed by atoms with E-state index in [0.29, 0.717) is 25.2 Å². The maximum atomic E-state index is 9.77. The zero-order valence-corrected chi connectivity index (χ0v) is 13.2. The van der Waals surface area contributed by atoms with Crippen LogP contribution in [-0.2, 0) is 9.47 Å². The zero-order valence-electron chi connectivity index (χ0n) is 13.2. The van der Waals surface area contributed by atoms with Gasteiger partial charge in [0.2, 0.25) is 0 Å². The Labute approximate surface area is 117 Å². The Hall–Kier alpha value is -0.160. The Morgan fingerprint density at radius 1 is 1.32 bits per heavy atom. The maximum Gasteiger partial charge on any atom is 0.0681 e. The Morgan fingerprint density at radius 3 is 2.37 bits per heavy atom. The lowest BCUT2D eigenvalue weighted by Gasteiger charge is -2.35. The highest BCUT2D eigenvalue weighted by molar-refractivity contribution is 5.01. The van der Waals surface area contributed by atoms with Gasteiger partial charge in [0.05, 0.1) is 24.4 Å². The quantitative estimate of drug-likeness (QED) is 0.597. The fourth-order valence-corrected chi connectivity index (χ4v) is 2.38. The Bertz CT molecular complexity index is 264. The smallest absolute Gasteiger partial charge is 0.0681 e. The highest BCUT2D eigenvalue weighted by atomic mass is 16.5. The van der Waals surface area contributed by atoms with Crippen molar-refractivity contribution in [3.8, 4) is 0 Å². The predicted molar refractivity (Wildman–Crippen MR) is 77.3 cm³/mol. The molecule has 0 saturated heterocycles. The summed E-state index contributed by atoms with van der Waals surface area (Å²) < 4.78 is 11.2. The van der Waals surface area contributed by atoms with Crippen LogP contribution in [0.3, 0.4) is 0 Å². The molecule has 1 saturated carbocycles. The SMILES string of the molecule is COC(C)(C)CCOCC(CO)(NC(C)C)C1CC1. The average Bonchev–Trinajstić information content (AvgIpc) is 3.17. The Balaban J connectivity index is 2.41. The summed E-state index contributed by atoms with van der Waals surface area (Å²) in [6.07, 6.45) is 3.23. The van der Waals surface area contributed by atoms with Crippen LogP contribution in [0.25, 0.3) is 0 Å². The van der Waals surface area contributed by atoms with Crippen LogP contribution in [0.5, 0.6) is 0 Å². The first kappa shape index (κ1) is 16.9. The number of methoxy groups -OCH3 is 1. The largest absolute Gasteiger partial charge is 0.394 e. The number of aliphatic hydroxyl groups excluding tert-OH is 1. The summed E-state index contributed by atoms with van der Waals surface area (Å²) in [6.45, 7) is 9.72. The number of ether oxygens (including phenoxy) is 2. The summed E-state index contributed by atoms with van der Waals surface area (Å²) in [4.78, 5) is 0. The lowest BCUT2D eigenvalue weighted by atomic mass is 9.94. The van der Waals surface area contributed by atoms with Crippen molar-refractivity contribution in [2.24, 2.45) is 5.92 Å². The zero-order chi connectivity index (χ0) is 14.5. The molecular formula is C15H31NO3. The van der Waals surface area contributed by atoms with Crippen molar-refractivity contribution in [1.29, 1.82) is 0 Å². The first-order valence-corrected chi connectivity index (χ1v) is 7.37. The lowest BCUT2D eigenvalue weighted by molar-refractivity contribution is -0.0293. The van der Waals surface area contributed by atoms with Crippen LogP contribution in [-0.4, -0.2) is 49.2 Å². The summed E-state index contributed by atoms with van der Waals surface area (Å²) in [6, 6.07) is 0.353. The second-order valence-corrected chi connectivity index (χ2v) is 6.65. The molecule has 114 valence electrons. The topological polar surface area (TPSA) is 50.7 Å². The van der Waals surface area contributed by atoms with Gasteiger partial charge in [-0.15, -0.1) is 0 Å². The van der Waals surface area contributed by atoms with Crippen LogP contribution in [0.1, 0.15) is 47.0 Å². The molecule has 19 heavy (non-hydrogen) atoms. The van der Waals surface area contributed by atoms with E-state index >= 15 is 0 Å². The van der Waals surface area contributed by atoms with E-state index in [9.17, 15) is 5.11 Å². The van der Waals surface area contributed by atoms with Gasteiger partial charge in [0.15, 0.2) is 0 Å². The fourth-order valence-electron chi connectivity index (χ4n) is 2.38. The molecule has 4 heteroatoms. The molecule has 0 aromatic carbocycles. The minimum atomic E-state index is -0.259. The summed E-state index contributed by atoms with van der Waals surface area (Å²) in [5, 5.41) is 13.3.